The number of hydrogen-bond acceptors (Lipinski definition) is 2. The van der Waals surface area contributed by atoms with E-state index in [0.29, 0.717) is 24.5 Å². The Morgan fingerprint density at radius 3 is 2.23 bits per heavy atom. The Morgan fingerprint density at radius 2 is 1.64 bits per heavy atom. The molecule has 3 rings (SSSR count). The number of rotatable bonds is 6. The topological polar surface area (TPSA) is 23.6 Å². The molecule has 2 aliphatic rings. The van der Waals surface area contributed by atoms with Crippen LogP contribution in [0.5, 0.6) is 0 Å². The summed E-state index contributed by atoms with van der Waals surface area (Å²) >= 11 is 0. The quantitative estimate of drug-likeness (QED) is 0.804. The molecule has 2 saturated carbocycles. The second-order valence-corrected chi connectivity index (χ2v) is 7.13. The maximum Gasteiger partial charge on any atom is 0.237 e. The number of hydrogen-bond donors (Lipinski definition) is 0. The smallest absolute Gasteiger partial charge is 0.237 e. The lowest BCUT2D eigenvalue weighted by atomic mass is 10.1. The van der Waals surface area contributed by atoms with E-state index < -0.39 is 0 Å². The van der Waals surface area contributed by atoms with E-state index in [1.54, 1.807) is 0 Å². The summed E-state index contributed by atoms with van der Waals surface area (Å²) < 4.78 is 0. The van der Waals surface area contributed by atoms with Gasteiger partial charge < -0.3 is 4.90 Å². The standard InChI is InChI=1S/C19H28N2O/c1-15-7-9-16(10-8-15)13-20(2)14-19(22)21(18-11-12-18)17-5-3-4-6-17/h7-10,17-18H,3-6,11-14H2,1-2H3. The van der Waals surface area contributed by atoms with Crippen LogP contribution in [0.15, 0.2) is 24.3 Å². The molecule has 1 aromatic rings. The zero-order valence-electron chi connectivity index (χ0n) is 13.9. The van der Waals surface area contributed by atoms with Gasteiger partial charge in [0.15, 0.2) is 0 Å². The number of nitrogens with zero attached hydrogens (tertiary/aromatic N) is 2. The molecule has 120 valence electrons. The highest BCUT2D eigenvalue weighted by atomic mass is 16.2. The van der Waals surface area contributed by atoms with Crippen molar-refractivity contribution in [1.82, 2.24) is 9.80 Å². The molecule has 0 radical (unpaired) electrons. The number of amides is 1. The summed E-state index contributed by atoms with van der Waals surface area (Å²) in [6, 6.07) is 9.66. The maximum atomic E-state index is 12.8. The first-order valence-corrected chi connectivity index (χ1v) is 8.69. The Morgan fingerprint density at radius 1 is 1.05 bits per heavy atom. The average Bonchev–Trinajstić information content (AvgIpc) is 3.16. The van der Waals surface area contributed by atoms with E-state index in [2.05, 4.69) is 48.0 Å². The highest BCUT2D eigenvalue weighted by Crippen LogP contribution is 2.34. The van der Waals surface area contributed by atoms with Gasteiger partial charge in [-0.25, -0.2) is 0 Å². The molecule has 22 heavy (non-hydrogen) atoms. The summed E-state index contributed by atoms with van der Waals surface area (Å²) in [7, 11) is 2.05. The van der Waals surface area contributed by atoms with Gasteiger partial charge in [0.25, 0.3) is 0 Å². The number of carbonyl (C=O) groups excluding carboxylic acids is 1. The third-order valence-electron chi connectivity index (χ3n) is 4.92. The molecule has 2 fully saturated rings. The van der Waals surface area contributed by atoms with Crippen LogP contribution in [0.1, 0.15) is 49.7 Å². The van der Waals surface area contributed by atoms with Crippen LogP contribution in [-0.4, -0.2) is 41.4 Å². The van der Waals surface area contributed by atoms with Gasteiger partial charge in [-0.15, -0.1) is 0 Å². The van der Waals surface area contributed by atoms with Crippen LogP contribution in [-0.2, 0) is 11.3 Å². The SMILES string of the molecule is Cc1ccc(CN(C)CC(=O)N(C2CCCC2)C2CC2)cc1. The molecule has 0 saturated heterocycles. The third kappa shape index (κ3) is 3.89. The fraction of sp³-hybridized carbons (Fsp3) is 0.632. The molecule has 1 amide bonds. The van der Waals surface area contributed by atoms with Crippen LogP contribution in [0.2, 0.25) is 0 Å². The van der Waals surface area contributed by atoms with E-state index in [1.165, 1.54) is 49.7 Å². The minimum atomic E-state index is 0.337. The molecule has 0 N–H and O–H groups in total. The summed E-state index contributed by atoms with van der Waals surface area (Å²) in [6.45, 7) is 3.49. The number of benzene rings is 1. The lowest BCUT2D eigenvalue weighted by Crippen LogP contribution is -2.45. The fourth-order valence-corrected chi connectivity index (χ4v) is 3.61. The summed E-state index contributed by atoms with van der Waals surface area (Å²) in [6.07, 6.45) is 7.43. The van der Waals surface area contributed by atoms with E-state index in [-0.39, 0.29) is 0 Å². The number of carbonyl (C=O) groups is 1. The van der Waals surface area contributed by atoms with Gasteiger partial charge in [0.2, 0.25) is 5.91 Å². The van der Waals surface area contributed by atoms with Crippen molar-refractivity contribution >= 4 is 5.91 Å². The Hall–Kier alpha value is -1.35. The lowest BCUT2D eigenvalue weighted by Gasteiger charge is -2.31. The molecule has 0 heterocycles. The van der Waals surface area contributed by atoms with Crippen molar-refractivity contribution in [3.05, 3.63) is 35.4 Å². The van der Waals surface area contributed by atoms with Gasteiger partial charge in [-0.3, -0.25) is 9.69 Å². The highest BCUT2D eigenvalue weighted by molar-refractivity contribution is 5.79. The second kappa shape index (κ2) is 6.82. The van der Waals surface area contributed by atoms with E-state index in [0.717, 1.165) is 6.54 Å². The highest BCUT2D eigenvalue weighted by Gasteiger charge is 2.38. The molecule has 2 aliphatic carbocycles. The zero-order chi connectivity index (χ0) is 15.5. The first-order valence-electron chi connectivity index (χ1n) is 8.69. The molecular weight excluding hydrogens is 272 g/mol. The summed E-state index contributed by atoms with van der Waals surface area (Å²) in [5.41, 5.74) is 2.56. The van der Waals surface area contributed by atoms with Crippen LogP contribution in [0.25, 0.3) is 0 Å². The van der Waals surface area contributed by atoms with Crippen molar-refractivity contribution in [2.45, 2.75) is 64.1 Å². The van der Waals surface area contributed by atoms with Gasteiger partial charge in [0, 0.05) is 18.6 Å². The Bertz CT molecular complexity index is 501. The van der Waals surface area contributed by atoms with Gasteiger partial charge >= 0.3 is 0 Å². The summed E-state index contributed by atoms with van der Waals surface area (Å²) in [4.78, 5) is 17.1. The van der Waals surface area contributed by atoms with E-state index in [4.69, 9.17) is 0 Å². The van der Waals surface area contributed by atoms with Crippen LogP contribution < -0.4 is 0 Å². The summed E-state index contributed by atoms with van der Waals surface area (Å²) in [5, 5.41) is 0. The predicted octanol–water partition coefficient (Wildman–Crippen LogP) is 3.36. The van der Waals surface area contributed by atoms with E-state index in [9.17, 15) is 4.79 Å². The minimum Gasteiger partial charge on any atom is -0.336 e. The predicted molar refractivity (Wildman–Crippen MR) is 89.6 cm³/mol. The molecule has 0 bridgehead atoms. The van der Waals surface area contributed by atoms with Crippen molar-refractivity contribution in [3.63, 3.8) is 0 Å². The van der Waals surface area contributed by atoms with Crippen molar-refractivity contribution in [3.8, 4) is 0 Å². The Labute approximate surface area is 134 Å². The van der Waals surface area contributed by atoms with Crippen molar-refractivity contribution in [2.75, 3.05) is 13.6 Å². The van der Waals surface area contributed by atoms with Crippen LogP contribution >= 0.6 is 0 Å². The van der Waals surface area contributed by atoms with Crippen molar-refractivity contribution in [2.24, 2.45) is 0 Å². The molecule has 0 spiro atoms. The van der Waals surface area contributed by atoms with Crippen LogP contribution in [0.4, 0.5) is 0 Å². The Balaban J connectivity index is 1.56. The van der Waals surface area contributed by atoms with Gasteiger partial charge in [0.05, 0.1) is 6.54 Å². The molecule has 1 aromatic carbocycles. The molecule has 0 atom stereocenters. The van der Waals surface area contributed by atoms with Crippen LogP contribution in [0, 0.1) is 6.92 Å². The van der Waals surface area contributed by atoms with Gasteiger partial charge in [-0.2, -0.15) is 0 Å². The van der Waals surface area contributed by atoms with Crippen molar-refractivity contribution < 1.29 is 4.79 Å². The first kappa shape index (κ1) is 15.5. The summed E-state index contributed by atoms with van der Waals surface area (Å²) in [5.74, 6) is 0.337. The maximum absolute atomic E-state index is 12.8. The zero-order valence-corrected chi connectivity index (χ0v) is 13.9. The van der Waals surface area contributed by atoms with Gasteiger partial charge in [-0.05, 0) is 45.2 Å². The van der Waals surface area contributed by atoms with Gasteiger partial charge in [-0.1, -0.05) is 42.7 Å². The van der Waals surface area contributed by atoms with E-state index in [1.807, 2.05) is 0 Å². The van der Waals surface area contributed by atoms with E-state index >= 15 is 0 Å². The lowest BCUT2D eigenvalue weighted by molar-refractivity contribution is -0.135. The third-order valence-corrected chi connectivity index (χ3v) is 4.92. The molecule has 0 aromatic heterocycles. The molecule has 3 heteroatoms. The van der Waals surface area contributed by atoms with Gasteiger partial charge in [0.1, 0.15) is 0 Å². The molecule has 0 unspecified atom stereocenters. The molecule has 3 nitrogen and oxygen atoms in total. The number of aryl methyl sites for hydroxylation is 1. The fourth-order valence-electron chi connectivity index (χ4n) is 3.61. The monoisotopic (exact) mass is 300 g/mol. The Kier molecular flexibility index (Phi) is 4.82. The number of likely N-dealkylation sites (N-methyl/N-ethyl adjacent to an activating group) is 1. The first-order chi connectivity index (χ1) is 10.6. The molecular formula is C19H28N2O. The molecule has 0 aliphatic heterocycles. The largest absolute Gasteiger partial charge is 0.336 e. The normalized spacial score (nSPS) is 18.9. The van der Waals surface area contributed by atoms with Crippen molar-refractivity contribution in [1.29, 1.82) is 0 Å². The second-order valence-electron chi connectivity index (χ2n) is 7.13. The average molecular weight is 300 g/mol. The van der Waals surface area contributed by atoms with Crippen LogP contribution in [0.3, 0.4) is 0 Å². The minimum absolute atomic E-state index is 0.337.